The Morgan fingerprint density at radius 3 is 2.93 bits per heavy atom. The number of carboxylic acids is 1. The number of carbonyl (C=O) groups is 1. The molecule has 1 unspecified atom stereocenters. The first-order chi connectivity index (χ1) is 7.04. The number of carboxylic acid groups (broad SMARTS) is 1. The fraction of sp³-hybridized carbons (Fsp3) is 0.417. The van der Waals surface area contributed by atoms with Crippen LogP contribution in [0.5, 0.6) is 5.75 Å². The van der Waals surface area contributed by atoms with Gasteiger partial charge in [-0.3, -0.25) is 4.79 Å². The highest BCUT2D eigenvalue weighted by Gasteiger charge is 2.40. The molecule has 1 aliphatic rings. The van der Waals surface area contributed by atoms with E-state index in [4.69, 9.17) is 4.74 Å². The van der Waals surface area contributed by atoms with Crippen molar-refractivity contribution >= 4 is 5.97 Å². The highest BCUT2D eigenvalue weighted by atomic mass is 16.5. The molecule has 0 saturated heterocycles. The molecule has 0 aromatic heterocycles. The highest BCUT2D eigenvalue weighted by molar-refractivity contribution is 5.82. The number of ether oxygens (including phenoxy) is 1. The maximum atomic E-state index is 11.3. The monoisotopic (exact) mass is 206 g/mol. The van der Waals surface area contributed by atoms with Gasteiger partial charge in [0.1, 0.15) is 5.75 Å². The van der Waals surface area contributed by atoms with E-state index in [-0.39, 0.29) is 0 Å². The van der Waals surface area contributed by atoms with Crippen molar-refractivity contribution in [2.75, 3.05) is 6.61 Å². The number of benzene rings is 1. The van der Waals surface area contributed by atoms with Crippen LogP contribution < -0.4 is 4.74 Å². The number of fused-ring (bicyclic) bond motifs is 1. The summed E-state index contributed by atoms with van der Waals surface area (Å²) >= 11 is 0. The van der Waals surface area contributed by atoms with Crippen LogP contribution in [0.1, 0.15) is 24.5 Å². The van der Waals surface area contributed by atoms with Crippen LogP contribution in [0.3, 0.4) is 0 Å². The maximum Gasteiger partial charge on any atom is 0.314 e. The molecule has 0 bridgehead atoms. The molecule has 0 spiro atoms. The third-order valence-electron chi connectivity index (χ3n) is 3.06. The van der Waals surface area contributed by atoms with Gasteiger partial charge in [0.15, 0.2) is 0 Å². The van der Waals surface area contributed by atoms with E-state index in [2.05, 4.69) is 0 Å². The van der Waals surface area contributed by atoms with E-state index < -0.39 is 11.4 Å². The van der Waals surface area contributed by atoms with Gasteiger partial charge in [0, 0.05) is 12.0 Å². The van der Waals surface area contributed by atoms with Gasteiger partial charge in [0.05, 0.1) is 12.0 Å². The number of hydrogen-bond donors (Lipinski definition) is 1. The second-order valence-electron chi connectivity index (χ2n) is 4.24. The third-order valence-corrected chi connectivity index (χ3v) is 3.06. The van der Waals surface area contributed by atoms with Crippen LogP contribution in [0.2, 0.25) is 0 Å². The summed E-state index contributed by atoms with van der Waals surface area (Å²) in [5, 5.41) is 9.28. The van der Waals surface area contributed by atoms with Crippen molar-refractivity contribution in [2.45, 2.75) is 25.7 Å². The molecule has 0 aliphatic carbocycles. The van der Waals surface area contributed by atoms with E-state index in [0.29, 0.717) is 18.8 Å². The lowest BCUT2D eigenvalue weighted by Crippen LogP contribution is -2.37. The van der Waals surface area contributed by atoms with Gasteiger partial charge in [-0.15, -0.1) is 0 Å². The molecular weight excluding hydrogens is 192 g/mol. The molecule has 15 heavy (non-hydrogen) atoms. The Labute approximate surface area is 88.7 Å². The number of hydrogen-bond acceptors (Lipinski definition) is 2. The predicted octanol–water partition coefficient (Wildman–Crippen LogP) is 2.12. The lowest BCUT2D eigenvalue weighted by Gasteiger charge is -2.32. The lowest BCUT2D eigenvalue weighted by atomic mass is 9.77. The van der Waals surface area contributed by atoms with Crippen LogP contribution in [-0.4, -0.2) is 17.7 Å². The van der Waals surface area contributed by atoms with Crippen molar-refractivity contribution in [1.29, 1.82) is 0 Å². The van der Waals surface area contributed by atoms with Crippen LogP contribution >= 0.6 is 0 Å². The maximum absolute atomic E-state index is 11.3. The second-order valence-corrected chi connectivity index (χ2v) is 4.24. The van der Waals surface area contributed by atoms with Gasteiger partial charge in [-0.2, -0.15) is 0 Å². The van der Waals surface area contributed by atoms with Gasteiger partial charge >= 0.3 is 5.97 Å². The molecule has 0 radical (unpaired) electrons. The van der Waals surface area contributed by atoms with Crippen molar-refractivity contribution in [2.24, 2.45) is 0 Å². The Morgan fingerprint density at radius 2 is 2.27 bits per heavy atom. The zero-order valence-corrected chi connectivity index (χ0v) is 8.91. The summed E-state index contributed by atoms with van der Waals surface area (Å²) in [7, 11) is 0. The minimum atomic E-state index is -0.806. The van der Waals surface area contributed by atoms with E-state index in [1.165, 1.54) is 0 Å². The minimum Gasteiger partial charge on any atom is -0.493 e. The number of aryl methyl sites for hydroxylation is 1. The van der Waals surface area contributed by atoms with Crippen LogP contribution in [0.4, 0.5) is 0 Å². The quantitative estimate of drug-likeness (QED) is 0.765. The molecule has 0 fully saturated rings. The van der Waals surface area contributed by atoms with E-state index in [0.717, 1.165) is 11.1 Å². The van der Waals surface area contributed by atoms with Gasteiger partial charge in [-0.1, -0.05) is 17.7 Å². The van der Waals surface area contributed by atoms with Crippen LogP contribution in [0.15, 0.2) is 18.2 Å². The van der Waals surface area contributed by atoms with Crippen LogP contribution in [0, 0.1) is 6.92 Å². The van der Waals surface area contributed by atoms with Gasteiger partial charge in [-0.25, -0.2) is 0 Å². The van der Waals surface area contributed by atoms with Gasteiger partial charge < -0.3 is 9.84 Å². The summed E-state index contributed by atoms with van der Waals surface area (Å²) in [4.78, 5) is 11.3. The first kappa shape index (κ1) is 10.0. The summed E-state index contributed by atoms with van der Waals surface area (Å²) in [5.41, 5.74) is 1.05. The molecule has 0 saturated carbocycles. The number of rotatable bonds is 1. The molecule has 1 N–H and O–H groups in total. The molecule has 80 valence electrons. The normalized spacial score (nSPS) is 24.1. The van der Waals surface area contributed by atoms with Crippen LogP contribution in [0.25, 0.3) is 0 Å². The van der Waals surface area contributed by atoms with Crippen molar-refractivity contribution < 1.29 is 14.6 Å². The standard InChI is InChI=1S/C12H14O3/c1-8-3-4-10-9(7-8)12(2,11(13)14)5-6-15-10/h3-4,7H,5-6H2,1-2H3,(H,13,14). The molecule has 1 heterocycles. The molecule has 2 rings (SSSR count). The van der Waals surface area contributed by atoms with Crippen molar-refractivity contribution in [3.63, 3.8) is 0 Å². The molecule has 1 aliphatic heterocycles. The van der Waals surface area contributed by atoms with E-state index in [1.807, 2.05) is 25.1 Å². The van der Waals surface area contributed by atoms with Crippen LogP contribution in [-0.2, 0) is 10.2 Å². The van der Waals surface area contributed by atoms with E-state index >= 15 is 0 Å². The molecular formula is C12H14O3. The van der Waals surface area contributed by atoms with Gasteiger partial charge in [0.25, 0.3) is 0 Å². The van der Waals surface area contributed by atoms with E-state index in [9.17, 15) is 9.90 Å². The second kappa shape index (κ2) is 3.26. The predicted molar refractivity (Wildman–Crippen MR) is 56.3 cm³/mol. The molecule has 3 heteroatoms. The SMILES string of the molecule is Cc1ccc2c(c1)C(C)(C(=O)O)CCO2. The highest BCUT2D eigenvalue weighted by Crippen LogP contribution is 2.39. The largest absolute Gasteiger partial charge is 0.493 e. The lowest BCUT2D eigenvalue weighted by molar-refractivity contribution is -0.144. The van der Waals surface area contributed by atoms with Crippen molar-refractivity contribution in [1.82, 2.24) is 0 Å². The summed E-state index contributed by atoms with van der Waals surface area (Å²) in [5.74, 6) is -0.0746. The van der Waals surface area contributed by atoms with Crippen molar-refractivity contribution in [3.05, 3.63) is 29.3 Å². The summed E-state index contributed by atoms with van der Waals surface area (Å²) in [6, 6.07) is 5.69. The Hall–Kier alpha value is -1.51. The molecule has 3 nitrogen and oxygen atoms in total. The summed E-state index contributed by atoms with van der Waals surface area (Å²) in [6.45, 7) is 4.19. The Morgan fingerprint density at radius 1 is 1.53 bits per heavy atom. The fourth-order valence-electron chi connectivity index (χ4n) is 1.92. The number of aliphatic carboxylic acids is 1. The van der Waals surface area contributed by atoms with Crippen molar-refractivity contribution in [3.8, 4) is 5.75 Å². The fourth-order valence-corrected chi connectivity index (χ4v) is 1.92. The first-order valence-corrected chi connectivity index (χ1v) is 5.01. The topological polar surface area (TPSA) is 46.5 Å². The molecule has 1 aromatic rings. The molecule has 1 atom stereocenters. The zero-order chi connectivity index (χ0) is 11.1. The minimum absolute atomic E-state index is 0.471. The Bertz CT molecular complexity index is 411. The third kappa shape index (κ3) is 1.48. The Kier molecular flexibility index (Phi) is 2.18. The summed E-state index contributed by atoms with van der Waals surface area (Å²) in [6.07, 6.45) is 0.527. The smallest absolute Gasteiger partial charge is 0.314 e. The average molecular weight is 206 g/mol. The Balaban J connectivity index is 2.59. The van der Waals surface area contributed by atoms with E-state index in [1.54, 1.807) is 6.92 Å². The summed E-state index contributed by atoms with van der Waals surface area (Å²) < 4.78 is 5.46. The molecule has 0 amide bonds. The first-order valence-electron chi connectivity index (χ1n) is 5.01. The van der Waals surface area contributed by atoms with Gasteiger partial charge in [-0.05, 0) is 19.9 Å². The zero-order valence-electron chi connectivity index (χ0n) is 8.91. The average Bonchev–Trinajstić information content (AvgIpc) is 2.19. The molecule has 1 aromatic carbocycles. The van der Waals surface area contributed by atoms with Gasteiger partial charge in [0.2, 0.25) is 0 Å².